The fourth-order valence-electron chi connectivity index (χ4n) is 3.07. The number of piperazine rings is 1. The third-order valence-corrected chi connectivity index (χ3v) is 4.29. The molecule has 2 heterocycles. The van der Waals surface area contributed by atoms with Crippen molar-refractivity contribution < 1.29 is 13.9 Å². The quantitative estimate of drug-likeness (QED) is 0.834. The van der Waals surface area contributed by atoms with Gasteiger partial charge in [0, 0.05) is 32.8 Å². The normalized spacial score (nSPS) is 23.2. The summed E-state index contributed by atoms with van der Waals surface area (Å²) in [5.74, 6) is 0.0135. The summed E-state index contributed by atoms with van der Waals surface area (Å²) in [6.45, 7) is 3.99. The lowest BCUT2D eigenvalue weighted by atomic mass is 10.0. The van der Waals surface area contributed by atoms with Crippen molar-refractivity contribution in [1.82, 2.24) is 4.90 Å². The van der Waals surface area contributed by atoms with Crippen LogP contribution in [0, 0.1) is 11.7 Å². The van der Waals surface area contributed by atoms with Crippen LogP contribution in [0.15, 0.2) is 24.3 Å². The number of carbonyl (C=O) groups is 1. The summed E-state index contributed by atoms with van der Waals surface area (Å²) in [6.07, 6.45) is 1.89. The minimum Gasteiger partial charge on any atom is -0.381 e. The lowest BCUT2D eigenvalue weighted by Gasteiger charge is -2.38. The maximum Gasteiger partial charge on any atom is 0.228 e. The molecule has 0 radical (unpaired) electrons. The molecule has 21 heavy (non-hydrogen) atoms. The maximum atomic E-state index is 13.8. The second-order valence-corrected chi connectivity index (χ2v) is 5.68. The van der Waals surface area contributed by atoms with Crippen molar-refractivity contribution in [3.8, 4) is 0 Å². The van der Waals surface area contributed by atoms with Crippen LogP contribution >= 0.6 is 0 Å². The molecule has 114 valence electrons. The summed E-state index contributed by atoms with van der Waals surface area (Å²) < 4.78 is 19.2. The highest BCUT2D eigenvalue weighted by molar-refractivity contribution is 5.79. The lowest BCUT2D eigenvalue weighted by Crippen LogP contribution is -2.51. The van der Waals surface area contributed by atoms with E-state index in [2.05, 4.69) is 0 Å². The largest absolute Gasteiger partial charge is 0.381 e. The molecule has 2 fully saturated rings. The molecule has 3 rings (SSSR count). The molecular formula is C16H21FN2O2. The molecule has 1 aromatic rings. The van der Waals surface area contributed by atoms with Crippen molar-refractivity contribution in [2.75, 3.05) is 44.3 Å². The molecule has 2 aliphatic rings. The molecule has 4 nitrogen and oxygen atoms in total. The predicted octanol–water partition coefficient (Wildman–Crippen LogP) is 1.90. The topological polar surface area (TPSA) is 32.8 Å². The number of para-hydroxylation sites is 1. The average molecular weight is 292 g/mol. The number of benzene rings is 1. The van der Waals surface area contributed by atoms with E-state index in [9.17, 15) is 9.18 Å². The van der Waals surface area contributed by atoms with Crippen LogP contribution in [0.25, 0.3) is 0 Å². The highest BCUT2D eigenvalue weighted by atomic mass is 19.1. The van der Waals surface area contributed by atoms with Crippen LogP contribution < -0.4 is 4.90 Å². The van der Waals surface area contributed by atoms with Crippen molar-refractivity contribution in [2.24, 2.45) is 5.92 Å². The van der Waals surface area contributed by atoms with Crippen LogP contribution in [0.2, 0.25) is 0 Å². The van der Waals surface area contributed by atoms with Gasteiger partial charge in [0.2, 0.25) is 5.91 Å². The molecule has 5 heteroatoms. The van der Waals surface area contributed by atoms with Gasteiger partial charge in [0.1, 0.15) is 5.82 Å². The number of anilines is 1. The fourth-order valence-corrected chi connectivity index (χ4v) is 3.07. The number of amides is 1. The highest BCUT2D eigenvalue weighted by Crippen LogP contribution is 2.22. The monoisotopic (exact) mass is 292 g/mol. The minimum atomic E-state index is -0.196. The van der Waals surface area contributed by atoms with E-state index in [0.29, 0.717) is 38.5 Å². The molecule has 0 aromatic heterocycles. The van der Waals surface area contributed by atoms with E-state index in [0.717, 1.165) is 19.4 Å². The second-order valence-electron chi connectivity index (χ2n) is 5.68. The summed E-state index contributed by atoms with van der Waals surface area (Å²) in [7, 11) is 0. The second kappa shape index (κ2) is 6.43. The van der Waals surface area contributed by atoms with Crippen molar-refractivity contribution in [3.05, 3.63) is 30.1 Å². The van der Waals surface area contributed by atoms with Gasteiger partial charge < -0.3 is 14.5 Å². The zero-order chi connectivity index (χ0) is 14.7. The number of ether oxygens (including phenoxy) is 1. The van der Waals surface area contributed by atoms with Gasteiger partial charge in [0.15, 0.2) is 0 Å². The molecule has 0 spiro atoms. The van der Waals surface area contributed by atoms with Gasteiger partial charge in [-0.25, -0.2) is 4.39 Å². The zero-order valence-electron chi connectivity index (χ0n) is 12.1. The van der Waals surface area contributed by atoms with E-state index in [-0.39, 0.29) is 17.6 Å². The molecule has 1 amide bonds. The zero-order valence-corrected chi connectivity index (χ0v) is 12.1. The molecule has 2 aliphatic heterocycles. The van der Waals surface area contributed by atoms with Gasteiger partial charge in [-0.05, 0) is 25.0 Å². The van der Waals surface area contributed by atoms with Crippen molar-refractivity contribution in [3.63, 3.8) is 0 Å². The Balaban J connectivity index is 1.57. The summed E-state index contributed by atoms with van der Waals surface area (Å²) in [5, 5.41) is 0. The van der Waals surface area contributed by atoms with Gasteiger partial charge in [-0.15, -0.1) is 0 Å². The Hall–Kier alpha value is -1.62. The first-order valence-corrected chi connectivity index (χ1v) is 7.62. The maximum absolute atomic E-state index is 13.8. The molecular weight excluding hydrogens is 271 g/mol. The van der Waals surface area contributed by atoms with Gasteiger partial charge in [-0.3, -0.25) is 4.79 Å². The minimum absolute atomic E-state index is 0.0127. The molecule has 1 unspecified atom stereocenters. The Labute approximate surface area is 124 Å². The number of halogens is 1. The number of nitrogens with zero attached hydrogens (tertiary/aromatic N) is 2. The van der Waals surface area contributed by atoms with Crippen molar-refractivity contribution in [1.29, 1.82) is 0 Å². The first-order chi connectivity index (χ1) is 10.3. The molecule has 2 saturated heterocycles. The van der Waals surface area contributed by atoms with Crippen LogP contribution in [0.5, 0.6) is 0 Å². The third-order valence-electron chi connectivity index (χ3n) is 4.29. The van der Waals surface area contributed by atoms with E-state index >= 15 is 0 Å². The standard InChI is InChI=1S/C16H21FN2O2/c17-14-5-1-2-6-15(14)18-7-9-19(10-8-18)16(20)13-4-3-11-21-12-13/h1-2,5-6,13H,3-4,7-12H2. The Bertz CT molecular complexity index is 495. The SMILES string of the molecule is O=C(C1CCCOC1)N1CCN(c2ccccc2F)CC1. The van der Waals surface area contributed by atoms with Crippen molar-refractivity contribution in [2.45, 2.75) is 12.8 Å². The van der Waals surface area contributed by atoms with E-state index in [1.165, 1.54) is 6.07 Å². The summed E-state index contributed by atoms with van der Waals surface area (Å²) in [6, 6.07) is 6.81. The number of rotatable bonds is 2. The van der Waals surface area contributed by atoms with Crippen LogP contribution in [0.1, 0.15) is 12.8 Å². The van der Waals surface area contributed by atoms with E-state index < -0.39 is 0 Å². The van der Waals surface area contributed by atoms with Gasteiger partial charge >= 0.3 is 0 Å². The Morgan fingerprint density at radius 1 is 1.19 bits per heavy atom. The first-order valence-electron chi connectivity index (χ1n) is 7.62. The van der Waals surface area contributed by atoms with Crippen LogP contribution in [0.3, 0.4) is 0 Å². The summed E-state index contributed by atoms with van der Waals surface area (Å²) in [4.78, 5) is 16.3. The van der Waals surface area contributed by atoms with Gasteiger partial charge in [-0.1, -0.05) is 12.1 Å². The fraction of sp³-hybridized carbons (Fsp3) is 0.562. The average Bonchev–Trinajstić information content (AvgIpc) is 2.56. The first kappa shape index (κ1) is 14.3. The molecule has 1 aromatic carbocycles. The van der Waals surface area contributed by atoms with Gasteiger partial charge in [0.25, 0.3) is 0 Å². The summed E-state index contributed by atoms with van der Waals surface area (Å²) in [5.41, 5.74) is 0.630. The molecule has 0 N–H and O–H groups in total. The molecule has 0 aliphatic carbocycles. The summed E-state index contributed by atoms with van der Waals surface area (Å²) >= 11 is 0. The smallest absolute Gasteiger partial charge is 0.228 e. The van der Waals surface area contributed by atoms with Crippen LogP contribution in [0.4, 0.5) is 10.1 Å². The number of hydrogen-bond acceptors (Lipinski definition) is 3. The molecule has 0 bridgehead atoms. The predicted molar refractivity (Wildman–Crippen MR) is 78.7 cm³/mol. The third kappa shape index (κ3) is 3.18. The van der Waals surface area contributed by atoms with Crippen LogP contribution in [-0.4, -0.2) is 50.2 Å². The Morgan fingerprint density at radius 2 is 1.95 bits per heavy atom. The van der Waals surface area contributed by atoms with E-state index in [1.807, 2.05) is 15.9 Å². The molecule has 0 saturated carbocycles. The number of carbonyl (C=O) groups excluding carboxylic acids is 1. The number of hydrogen-bond donors (Lipinski definition) is 0. The lowest BCUT2D eigenvalue weighted by molar-refractivity contribution is -0.140. The Morgan fingerprint density at radius 3 is 2.62 bits per heavy atom. The van der Waals surface area contributed by atoms with Gasteiger partial charge in [0.05, 0.1) is 18.2 Å². The molecule has 1 atom stereocenters. The van der Waals surface area contributed by atoms with Gasteiger partial charge in [-0.2, -0.15) is 0 Å². The Kier molecular flexibility index (Phi) is 4.39. The highest BCUT2D eigenvalue weighted by Gasteiger charge is 2.29. The van der Waals surface area contributed by atoms with E-state index in [1.54, 1.807) is 12.1 Å². The van der Waals surface area contributed by atoms with Crippen LogP contribution in [-0.2, 0) is 9.53 Å². The van der Waals surface area contributed by atoms with E-state index in [4.69, 9.17) is 4.74 Å². The van der Waals surface area contributed by atoms with Crippen molar-refractivity contribution >= 4 is 11.6 Å².